The summed E-state index contributed by atoms with van der Waals surface area (Å²) in [6.45, 7) is 11.5. The zero-order valence-electron chi connectivity index (χ0n) is 25.3. The molecule has 7 heteroatoms. The highest BCUT2D eigenvalue weighted by Gasteiger charge is 2.80. The first kappa shape index (κ1) is 27.7. The maximum absolute atomic E-state index is 12.4. The molecule has 0 bridgehead atoms. The van der Waals surface area contributed by atoms with Crippen molar-refractivity contribution in [1.29, 1.82) is 0 Å². The van der Waals surface area contributed by atoms with Gasteiger partial charge in [-0.3, -0.25) is 0 Å². The average molecular weight is 545 g/mol. The molecule has 5 aliphatic carbocycles. The minimum atomic E-state index is -0.625. The largest absolute Gasteiger partial charge is 0.446 e. The molecule has 220 valence electrons. The number of carbonyl (C=O) groups excluding carboxylic acids is 2. The highest BCUT2D eigenvalue weighted by atomic mass is 16.6. The molecule has 11 atom stereocenters. The molecule has 1 saturated heterocycles. The number of fused-ring (bicyclic) bond motifs is 4. The van der Waals surface area contributed by atoms with Gasteiger partial charge in [0, 0.05) is 19.5 Å². The number of ether oxygens (including phenoxy) is 3. The molecule has 1 aliphatic heterocycles. The maximum atomic E-state index is 12.4. The SMILES string of the molecule is CC(C)C(OC(=O)N(C)C)C1CCC2C(CC3C4CCC5C(C)(C)C(OC(N)=O)CCC56CC46CCC23C)O1. The van der Waals surface area contributed by atoms with Crippen LogP contribution in [0.1, 0.15) is 98.8 Å². The van der Waals surface area contributed by atoms with Gasteiger partial charge in [-0.05, 0) is 110 Å². The molecule has 0 aromatic heterocycles. The van der Waals surface area contributed by atoms with E-state index in [0.717, 1.165) is 25.2 Å². The second-order valence-electron chi connectivity index (χ2n) is 15.7. The summed E-state index contributed by atoms with van der Waals surface area (Å²) in [5.41, 5.74) is 6.67. The van der Waals surface area contributed by atoms with Gasteiger partial charge in [0.25, 0.3) is 0 Å². The van der Waals surface area contributed by atoms with Gasteiger partial charge in [-0.1, -0.05) is 34.6 Å². The van der Waals surface area contributed by atoms with Gasteiger partial charge in [-0.2, -0.15) is 0 Å². The Morgan fingerprint density at radius 2 is 1.64 bits per heavy atom. The highest BCUT2D eigenvalue weighted by molar-refractivity contribution is 5.67. The molecule has 2 spiro atoms. The Labute approximate surface area is 235 Å². The molecule has 6 fully saturated rings. The molecule has 2 N–H and O–H groups in total. The summed E-state index contributed by atoms with van der Waals surface area (Å²) in [5, 5.41) is 0. The van der Waals surface area contributed by atoms with Crippen molar-refractivity contribution in [1.82, 2.24) is 4.90 Å². The van der Waals surface area contributed by atoms with Crippen LogP contribution in [0.2, 0.25) is 0 Å². The summed E-state index contributed by atoms with van der Waals surface area (Å²) in [7, 11) is 3.49. The lowest BCUT2D eigenvalue weighted by atomic mass is 9.46. The quantitative estimate of drug-likeness (QED) is 0.443. The van der Waals surface area contributed by atoms with Crippen molar-refractivity contribution in [2.75, 3.05) is 14.1 Å². The molecule has 0 radical (unpaired) electrons. The summed E-state index contributed by atoms with van der Waals surface area (Å²) in [6.07, 6.45) is 11.1. The third-order valence-electron chi connectivity index (χ3n) is 13.4. The van der Waals surface area contributed by atoms with Crippen LogP contribution in [0.3, 0.4) is 0 Å². The molecule has 6 rings (SSSR count). The first-order valence-electron chi connectivity index (χ1n) is 15.8. The Morgan fingerprint density at radius 1 is 0.923 bits per heavy atom. The van der Waals surface area contributed by atoms with Crippen molar-refractivity contribution in [2.24, 2.45) is 57.0 Å². The van der Waals surface area contributed by atoms with E-state index in [0.29, 0.717) is 34.0 Å². The van der Waals surface area contributed by atoms with Crippen molar-refractivity contribution in [3.05, 3.63) is 0 Å². The number of primary amides is 1. The predicted molar refractivity (Wildman–Crippen MR) is 149 cm³/mol. The van der Waals surface area contributed by atoms with E-state index in [1.165, 1.54) is 49.8 Å². The summed E-state index contributed by atoms with van der Waals surface area (Å²) >= 11 is 0. The molecular formula is C32H52N2O5. The first-order valence-corrected chi connectivity index (χ1v) is 15.8. The number of hydrogen-bond acceptors (Lipinski definition) is 5. The van der Waals surface area contributed by atoms with E-state index in [1.54, 1.807) is 14.1 Å². The standard InChI is InChI=1S/C32H52N2O5/c1-18(2)26(39-28(36)34(6)7)22-10-8-20-23(37-22)16-21-19-9-11-24-29(3,4)25(38-27(33)35)12-13-32(24)17-31(19,32)15-14-30(20,21)5/h18-26H,8-17H2,1-7H3,(H2,33,35). The van der Waals surface area contributed by atoms with Crippen molar-refractivity contribution in [3.63, 3.8) is 0 Å². The van der Waals surface area contributed by atoms with Gasteiger partial charge >= 0.3 is 12.2 Å². The fraction of sp³-hybridized carbons (Fsp3) is 0.938. The van der Waals surface area contributed by atoms with Gasteiger partial charge in [-0.25, -0.2) is 9.59 Å². The zero-order valence-corrected chi connectivity index (χ0v) is 25.3. The van der Waals surface area contributed by atoms with Gasteiger partial charge in [0.15, 0.2) is 0 Å². The van der Waals surface area contributed by atoms with Gasteiger partial charge in [0.05, 0.1) is 12.2 Å². The fourth-order valence-corrected chi connectivity index (χ4v) is 11.7. The smallest absolute Gasteiger partial charge is 0.409 e. The molecule has 7 nitrogen and oxygen atoms in total. The number of amides is 2. The number of carbonyl (C=O) groups is 2. The van der Waals surface area contributed by atoms with Crippen LogP contribution in [0.25, 0.3) is 0 Å². The predicted octanol–water partition coefficient (Wildman–Crippen LogP) is 6.38. The van der Waals surface area contributed by atoms with Gasteiger partial charge < -0.3 is 24.8 Å². The van der Waals surface area contributed by atoms with Crippen LogP contribution in [0.15, 0.2) is 0 Å². The molecule has 0 aromatic carbocycles. The Morgan fingerprint density at radius 3 is 2.31 bits per heavy atom. The minimum Gasteiger partial charge on any atom is -0.446 e. The number of nitrogens with zero attached hydrogens (tertiary/aromatic N) is 1. The highest BCUT2D eigenvalue weighted by Crippen LogP contribution is 2.87. The van der Waals surface area contributed by atoms with Crippen molar-refractivity contribution in [3.8, 4) is 0 Å². The van der Waals surface area contributed by atoms with E-state index in [9.17, 15) is 9.59 Å². The number of hydrogen-bond donors (Lipinski definition) is 1. The lowest BCUT2D eigenvalue weighted by Gasteiger charge is -2.59. The zero-order chi connectivity index (χ0) is 28.1. The van der Waals surface area contributed by atoms with Gasteiger partial charge in [-0.15, -0.1) is 0 Å². The lowest BCUT2D eigenvalue weighted by Crippen LogP contribution is -2.55. The van der Waals surface area contributed by atoms with E-state index in [-0.39, 0.29) is 41.8 Å². The topological polar surface area (TPSA) is 91.1 Å². The summed E-state index contributed by atoms with van der Waals surface area (Å²) in [4.78, 5) is 25.6. The molecule has 0 aromatic rings. The Kier molecular flexibility index (Phi) is 6.38. The minimum absolute atomic E-state index is 0.0165. The van der Waals surface area contributed by atoms with Crippen LogP contribution >= 0.6 is 0 Å². The lowest BCUT2D eigenvalue weighted by molar-refractivity contribution is -0.149. The molecule has 39 heavy (non-hydrogen) atoms. The third-order valence-corrected chi connectivity index (χ3v) is 13.4. The molecule has 1 heterocycles. The van der Waals surface area contributed by atoms with Crippen molar-refractivity contribution < 1.29 is 23.8 Å². The maximum Gasteiger partial charge on any atom is 0.409 e. The molecule has 2 amide bonds. The van der Waals surface area contributed by atoms with Gasteiger partial charge in [0.2, 0.25) is 0 Å². The summed E-state index contributed by atoms with van der Waals surface area (Å²) < 4.78 is 18.6. The van der Waals surface area contributed by atoms with Crippen LogP contribution < -0.4 is 5.73 Å². The van der Waals surface area contributed by atoms with Crippen LogP contribution in [0.5, 0.6) is 0 Å². The summed E-state index contributed by atoms with van der Waals surface area (Å²) in [6, 6.07) is 0. The van der Waals surface area contributed by atoms with Crippen LogP contribution in [0.4, 0.5) is 9.59 Å². The Hall–Kier alpha value is -1.50. The van der Waals surface area contributed by atoms with Crippen LogP contribution in [-0.4, -0.2) is 55.6 Å². The number of nitrogens with two attached hydrogens (primary N) is 1. The molecule has 11 unspecified atom stereocenters. The van der Waals surface area contributed by atoms with Crippen molar-refractivity contribution >= 4 is 12.2 Å². The third kappa shape index (κ3) is 3.83. The van der Waals surface area contributed by atoms with E-state index < -0.39 is 6.09 Å². The van der Waals surface area contributed by atoms with Crippen LogP contribution in [-0.2, 0) is 14.2 Å². The van der Waals surface area contributed by atoms with E-state index in [4.69, 9.17) is 19.9 Å². The molecular weight excluding hydrogens is 492 g/mol. The Bertz CT molecular complexity index is 1010. The molecule has 5 saturated carbocycles. The monoisotopic (exact) mass is 544 g/mol. The Balaban J connectivity index is 1.20. The average Bonchev–Trinajstić information content (AvgIpc) is 3.43. The normalized spacial score (nSPS) is 47.9. The molecule has 6 aliphatic rings. The van der Waals surface area contributed by atoms with E-state index in [1.807, 2.05) is 0 Å². The van der Waals surface area contributed by atoms with Gasteiger partial charge in [0.1, 0.15) is 12.2 Å². The second-order valence-corrected chi connectivity index (χ2v) is 15.7. The van der Waals surface area contributed by atoms with E-state index >= 15 is 0 Å². The fourth-order valence-electron chi connectivity index (χ4n) is 11.7. The van der Waals surface area contributed by atoms with E-state index in [2.05, 4.69) is 34.6 Å². The second kappa shape index (κ2) is 9.00. The van der Waals surface area contributed by atoms with Crippen molar-refractivity contribution in [2.45, 2.75) is 123 Å². The van der Waals surface area contributed by atoms with Crippen LogP contribution in [0, 0.1) is 51.2 Å². The number of rotatable bonds is 4. The summed E-state index contributed by atoms with van der Waals surface area (Å²) in [5.74, 6) is 2.92. The first-order chi connectivity index (χ1) is 18.3.